The van der Waals surface area contributed by atoms with E-state index in [2.05, 4.69) is 181 Å². The van der Waals surface area contributed by atoms with E-state index in [0.717, 1.165) is 39.0 Å². The van der Waals surface area contributed by atoms with Crippen molar-refractivity contribution in [3.05, 3.63) is 176 Å². The maximum Gasteiger partial charge on any atom is 0.159 e. The van der Waals surface area contributed by atoms with Crippen molar-refractivity contribution in [2.45, 2.75) is 0 Å². The number of fused-ring (bicyclic) bond motifs is 9. The third-order valence-corrected chi connectivity index (χ3v) is 11.6. The van der Waals surface area contributed by atoms with Gasteiger partial charge in [0.05, 0.1) is 16.1 Å². The van der Waals surface area contributed by atoms with Gasteiger partial charge in [0.2, 0.25) is 0 Å². The van der Waals surface area contributed by atoms with Gasteiger partial charge < -0.3 is 9.32 Å². The lowest BCUT2D eigenvalue weighted by molar-refractivity contribution is 0.669. The molecule has 0 saturated carbocycles. The van der Waals surface area contributed by atoms with Crippen LogP contribution in [0.5, 0.6) is 0 Å². The van der Waals surface area contributed by atoms with Crippen LogP contribution in [0, 0.1) is 0 Å². The molecule has 0 aliphatic heterocycles. The van der Waals surface area contributed by atoms with Crippen LogP contribution in [0.2, 0.25) is 0 Å². The summed E-state index contributed by atoms with van der Waals surface area (Å²) in [5, 5.41) is 12.2. The third-order valence-electron chi connectivity index (χ3n) is 10.4. The van der Waals surface area contributed by atoms with E-state index in [1.54, 1.807) is 0 Å². The number of anilines is 3. The van der Waals surface area contributed by atoms with Crippen LogP contribution in [0.4, 0.5) is 17.1 Å². The first-order valence-corrected chi connectivity index (χ1v) is 18.1. The van der Waals surface area contributed by atoms with Gasteiger partial charge in [0.25, 0.3) is 0 Å². The van der Waals surface area contributed by atoms with Crippen LogP contribution in [-0.2, 0) is 0 Å². The molecule has 0 spiro atoms. The van der Waals surface area contributed by atoms with E-state index < -0.39 is 0 Å². The molecule has 2 nitrogen and oxygen atoms in total. The van der Waals surface area contributed by atoms with Gasteiger partial charge in [0.1, 0.15) is 5.58 Å². The van der Waals surface area contributed by atoms with E-state index in [1.165, 1.54) is 63.6 Å². The standard InChI is InChI=1S/C48H29NOS/c1-2-10-32-25-37(20-19-30(32)9-1)31-21-23-38(24-22-31)49(43-17-7-15-39-41-26-33-11-3-5-13-35(33)28-45(41)50-47(39)43)44-18-8-16-40-42-27-34-12-4-6-14-36(34)29-46(42)51-48(40)44/h1-29H. The summed E-state index contributed by atoms with van der Waals surface area (Å²) in [4.78, 5) is 2.39. The Bertz CT molecular complexity index is 3000. The largest absolute Gasteiger partial charge is 0.454 e. The summed E-state index contributed by atoms with van der Waals surface area (Å²) in [6.07, 6.45) is 0. The van der Waals surface area contributed by atoms with Crippen LogP contribution in [0.15, 0.2) is 180 Å². The predicted molar refractivity (Wildman–Crippen MR) is 219 cm³/mol. The van der Waals surface area contributed by atoms with Gasteiger partial charge in [0.15, 0.2) is 5.58 Å². The molecule has 0 bridgehead atoms. The molecule has 0 N–H and O–H groups in total. The fraction of sp³-hybridized carbons (Fsp3) is 0. The van der Waals surface area contributed by atoms with Crippen LogP contribution in [0.3, 0.4) is 0 Å². The Labute approximate surface area is 298 Å². The molecule has 11 rings (SSSR count). The van der Waals surface area contributed by atoms with Crippen molar-refractivity contribution >= 4 is 103 Å². The molecule has 9 aromatic carbocycles. The lowest BCUT2D eigenvalue weighted by Gasteiger charge is -2.26. The number of para-hydroxylation sites is 1. The quantitative estimate of drug-likeness (QED) is 0.186. The van der Waals surface area contributed by atoms with Gasteiger partial charge in [-0.05, 0) is 98.0 Å². The van der Waals surface area contributed by atoms with Crippen molar-refractivity contribution in [3.8, 4) is 11.1 Å². The number of hydrogen-bond acceptors (Lipinski definition) is 3. The van der Waals surface area contributed by atoms with Gasteiger partial charge in [-0.15, -0.1) is 11.3 Å². The van der Waals surface area contributed by atoms with Crippen molar-refractivity contribution in [3.63, 3.8) is 0 Å². The van der Waals surface area contributed by atoms with Crippen LogP contribution in [0.1, 0.15) is 0 Å². The summed E-state index contributed by atoms with van der Waals surface area (Å²) in [5.74, 6) is 0. The molecule has 0 radical (unpaired) electrons. The van der Waals surface area contributed by atoms with Gasteiger partial charge in [0, 0.05) is 31.9 Å². The zero-order valence-electron chi connectivity index (χ0n) is 27.5. The van der Waals surface area contributed by atoms with E-state index in [1.807, 2.05) is 11.3 Å². The minimum absolute atomic E-state index is 0.880. The third kappa shape index (κ3) is 4.49. The molecule has 0 saturated heterocycles. The van der Waals surface area contributed by atoms with E-state index in [-0.39, 0.29) is 0 Å². The average molecular weight is 668 g/mol. The van der Waals surface area contributed by atoms with E-state index in [9.17, 15) is 0 Å². The van der Waals surface area contributed by atoms with Crippen molar-refractivity contribution in [1.82, 2.24) is 0 Å². The molecule has 0 atom stereocenters. The minimum atomic E-state index is 0.880. The summed E-state index contributed by atoms with van der Waals surface area (Å²) in [6, 6.07) is 63.8. The Morgan fingerprint density at radius 2 is 0.980 bits per heavy atom. The smallest absolute Gasteiger partial charge is 0.159 e. The van der Waals surface area contributed by atoms with Crippen LogP contribution < -0.4 is 4.90 Å². The van der Waals surface area contributed by atoms with Gasteiger partial charge >= 0.3 is 0 Å². The first kappa shape index (κ1) is 28.4. The van der Waals surface area contributed by atoms with E-state index in [4.69, 9.17) is 4.42 Å². The van der Waals surface area contributed by atoms with Crippen molar-refractivity contribution < 1.29 is 4.42 Å². The van der Waals surface area contributed by atoms with Gasteiger partial charge in [-0.25, -0.2) is 0 Å². The SMILES string of the molecule is c1ccc2cc(-c3ccc(N(c4cccc5c4oc4cc6ccccc6cc45)c4cccc5c4sc4cc6ccccc6cc45)cc3)ccc2c1. The van der Waals surface area contributed by atoms with Crippen LogP contribution in [0.25, 0.3) is 85.6 Å². The highest BCUT2D eigenvalue weighted by molar-refractivity contribution is 7.26. The Morgan fingerprint density at radius 3 is 1.73 bits per heavy atom. The monoisotopic (exact) mass is 667 g/mol. The first-order valence-electron chi connectivity index (χ1n) is 17.3. The number of rotatable bonds is 4. The molecule has 0 aliphatic carbocycles. The second kappa shape index (κ2) is 11.0. The highest BCUT2D eigenvalue weighted by atomic mass is 32.1. The molecular weight excluding hydrogens is 639 g/mol. The maximum atomic E-state index is 6.83. The molecule has 238 valence electrons. The molecule has 2 aromatic heterocycles. The lowest BCUT2D eigenvalue weighted by atomic mass is 10.0. The van der Waals surface area contributed by atoms with E-state index >= 15 is 0 Å². The van der Waals surface area contributed by atoms with Gasteiger partial charge in [-0.2, -0.15) is 0 Å². The van der Waals surface area contributed by atoms with Crippen molar-refractivity contribution in [2.75, 3.05) is 4.90 Å². The zero-order valence-corrected chi connectivity index (χ0v) is 28.3. The molecule has 0 aliphatic rings. The van der Waals surface area contributed by atoms with Gasteiger partial charge in [-0.3, -0.25) is 0 Å². The topological polar surface area (TPSA) is 16.4 Å². The molecular formula is C48H29NOS. The van der Waals surface area contributed by atoms with Crippen molar-refractivity contribution in [2.24, 2.45) is 0 Å². The second-order valence-electron chi connectivity index (χ2n) is 13.3. The fourth-order valence-corrected chi connectivity index (χ4v) is 9.11. The number of thiophene rings is 1. The van der Waals surface area contributed by atoms with Crippen molar-refractivity contribution in [1.29, 1.82) is 0 Å². The number of nitrogens with zero attached hydrogens (tertiary/aromatic N) is 1. The summed E-state index contributed by atoms with van der Waals surface area (Å²) in [6.45, 7) is 0. The summed E-state index contributed by atoms with van der Waals surface area (Å²) in [7, 11) is 0. The highest BCUT2D eigenvalue weighted by Crippen LogP contribution is 2.48. The van der Waals surface area contributed by atoms with E-state index in [0.29, 0.717) is 0 Å². The minimum Gasteiger partial charge on any atom is -0.454 e. The number of hydrogen-bond donors (Lipinski definition) is 0. The molecule has 0 fully saturated rings. The molecule has 11 aromatic rings. The lowest BCUT2D eigenvalue weighted by Crippen LogP contribution is -2.10. The Balaban J connectivity index is 1.15. The number of benzene rings is 9. The predicted octanol–water partition coefficient (Wildman–Crippen LogP) is 14.6. The maximum absolute atomic E-state index is 6.83. The number of furan rings is 1. The molecule has 2 heterocycles. The Hall–Kier alpha value is -6.42. The molecule has 3 heteroatoms. The fourth-order valence-electron chi connectivity index (χ4n) is 7.87. The molecule has 0 unspecified atom stereocenters. The highest BCUT2D eigenvalue weighted by Gasteiger charge is 2.23. The van der Waals surface area contributed by atoms with Crippen LogP contribution in [-0.4, -0.2) is 0 Å². The Morgan fingerprint density at radius 1 is 0.392 bits per heavy atom. The second-order valence-corrected chi connectivity index (χ2v) is 14.4. The van der Waals surface area contributed by atoms with Crippen LogP contribution >= 0.6 is 11.3 Å². The normalized spacial score (nSPS) is 11.9. The summed E-state index contributed by atoms with van der Waals surface area (Å²) < 4.78 is 9.37. The Kier molecular flexibility index (Phi) is 6.16. The first-order chi connectivity index (χ1) is 25.2. The average Bonchev–Trinajstić information content (AvgIpc) is 3.74. The molecule has 0 amide bonds. The summed E-state index contributed by atoms with van der Waals surface area (Å²) >= 11 is 1.86. The summed E-state index contributed by atoms with van der Waals surface area (Å²) in [5.41, 5.74) is 7.39. The van der Waals surface area contributed by atoms with Gasteiger partial charge in [-0.1, -0.05) is 121 Å². The zero-order chi connectivity index (χ0) is 33.5. The molecule has 51 heavy (non-hydrogen) atoms.